The fourth-order valence-corrected chi connectivity index (χ4v) is 4.14. The Bertz CT molecular complexity index is 1200. The zero-order valence-corrected chi connectivity index (χ0v) is 23.2. The molecule has 1 atom stereocenters. The highest BCUT2D eigenvalue weighted by atomic mass is 35.5. The molecule has 0 bridgehead atoms. The van der Waals surface area contributed by atoms with Crippen molar-refractivity contribution in [2.45, 2.75) is 45.3 Å². The lowest BCUT2D eigenvalue weighted by Crippen LogP contribution is -2.55. The molecule has 0 heterocycles. The van der Waals surface area contributed by atoms with Gasteiger partial charge in [-0.05, 0) is 44.0 Å². The first-order valence-electron chi connectivity index (χ1n) is 12.3. The molecule has 2 amide bonds. The number of nitrogens with zero attached hydrogens (tertiary/aromatic N) is 1. The predicted molar refractivity (Wildman–Crippen MR) is 149 cm³/mol. The van der Waals surface area contributed by atoms with Crippen molar-refractivity contribution in [3.63, 3.8) is 0 Å². The molecule has 8 heteroatoms. The largest absolute Gasteiger partial charge is 0.496 e. The molecule has 0 aliphatic rings. The summed E-state index contributed by atoms with van der Waals surface area (Å²) >= 11 is 6.23. The van der Waals surface area contributed by atoms with Crippen molar-refractivity contribution < 1.29 is 23.8 Å². The highest BCUT2D eigenvalue weighted by Crippen LogP contribution is 2.27. The van der Waals surface area contributed by atoms with Crippen LogP contribution in [0.5, 0.6) is 17.2 Å². The highest BCUT2D eigenvalue weighted by Gasteiger charge is 2.32. The Hall–Kier alpha value is -3.71. The maximum absolute atomic E-state index is 13.7. The van der Waals surface area contributed by atoms with Crippen LogP contribution in [-0.2, 0) is 22.6 Å². The van der Waals surface area contributed by atoms with Crippen LogP contribution in [0.2, 0.25) is 5.02 Å². The van der Waals surface area contributed by atoms with Crippen molar-refractivity contribution in [1.29, 1.82) is 0 Å². The average Bonchev–Trinajstić information content (AvgIpc) is 2.88. The molecular formula is C30H35ClN2O5. The van der Waals surface area contributed by atoms with Crippen LogP contribution in [0.25, 0.3) is 0 Å². The van der Waals surface area contributed by atoms with Gasteiger partial charge in [-0.15, -0.1) is 0 Å². The topological polar surface area (TPSA) is 77.1 Å². The van der Waals surface area contributed by atoms with E-state index in [4.69, 9.17) is 25.8 Å². The number of hydrogen-bond acceptors (Lipinski definition) is 5. The van der Waals surface area contributed by atoms with Crippen molar-refractivity contribution in [1.82, 2.24) is 10.2 Å². The first-order valence-corrected chi connectivity index (χ1v) is 12.7. The quantitative estimate of drug-likeness (QED) is 0.359. The van der Waals surface area contributed by atoms with Gasteiger partial charge in [0.05, 0.1) is 14.2 Å². The van der Waals surface area contributed by atoms with Gasteiger partial charge in [-0.25, -0.2) is 0 Å². The molecule has 0 aliphatic heterocycles. The van der Waals surface area contributed by atoms with Gasteiger partial charge >= 0.3 is 0 Å². The summed E-state index contributed by atoms with van der Waals surface area (Å²) in [5, 5.41) is 3.59. The molecule has 0 saturated carbocycles. The predicted octanol–water partition coefficient (Wildman–Crippen LogP) is 5.29. The van der Waals surface area contributed by atoms with Gasteiger partial charge < -0.3 is 24.4 Å². The number of carbonyl (C=O) groups is 2. The summed E-state index contributed by atoms with van der Waals surface area (Å²) in [5.41, 5.74) is 1.25. The van der Waals surface area contributed by atoms with Crippen LogP contribution >= 0.6 is 11.6 Å². The lowest BCUT2D eigenvalue weighted by atomic mass is 10.0. The van der Waals surface area contributed by atoms with E-state index in [0.717, 1.165) is 11.1 Å². The van der Waals surface area contributed by atoms with Gasteiger partial charge in [0.25, 0.3) is 5.91 Å². The van der Waals surface area contributed by atoms with Crippen LogP contribution in [0.4, 0.5) is 0 Å². The van der Waals surface area contributed by atoms with Gasteiger partial charge in [0.2, 0.25) is 5.91 Å². The molecule has 38 heavy (non-hydrogen) atoms. The van der Waals surface area contributed by atoms with E-state index < -0.39 is 11.6 Å². The molecule has 0 saturated heterocycles. The number of rotatable bonds is 11. The molecule has 0 radical (unpaired) electrons. The molecule has 3 aromatic carbocycles. The third-order valence-electron chi connectivity index (χ3n) is 5.70. The van der Waals surface area contributed by atoms with Crippen molar-refractivity contribution in [2.75, 3.05) is 20.8 Å². The van der Waals surface area contributed by atoms with Gasteiger partial charge in [-0.3, -0.25) is 9.59 Å². The summed E-state index contributed by atoms with van der Waals surface area (Å²) < 4.78 is 16.5. The lowest BCUT2D eigenvalue weighted by molar-refractivity contribution is -0.143. The maximum Gasteiger partial charge on any atom is 0.261 e. The van der Waals surface area contributed by atoms with Crippen molar-refractivity contribution >= 4 is 23.4 Å². The zero-order chi connectivity index (χ0) is 27.7. The minimum Gasteiger partial charge on any atom is -0.496 e. The van der Waals surface area contributed by atoms with Crippen LogP contribution in [0.1, 0.15) is 31.9 Å². The molecule has 3 rings (SSSR count). The van der Waals surface area contributed by atoms with E-state index in [1.807, 2.05) is 63.2 Å². The van der Waals surface area contributed by atoms with Crippen LogP contribution < -0.4 is 19.5 Å². The number of halogens is 1. The molecule has 3 aromatic rings. The summed E-state index contributed by atoms with van der Waals surface area (Å²) in [6, 6.07) is 21.2. The Morgan fingerprint density at radius 2 is 1.47 bits per heavy atom. The summed E-state index contributed by atoms with van der Waals surface area (Å²) in [6.07, 6.45) is 0.335. The van der Waals surface area contributed by atoms with Crippen molar-refractivity contribution in [2.24, 2.45) is 0 Å². The zero-order valence-electron chi connectivity index (χ0n) is 22.5. The van der Waals surface area contributed by atoms with Crippen LogP contribution in [0.3, 0.4) is 0 Å². The average molecular weight is 539 g/mol. The Balaban J connectivity index is 1.94. The van der Waals surface area contributed by atoms with Gasteiger partial charge in [0.15, 0.2) is 6.61 Å². The van der Waals surface area contributed by atoms with E-state index in [2.05, 4.69) is 5.32 Å². The number of methoxy groups -OCH3 is 2. The fraction of sp³-hybridized carbons (Fsp3) is 0.333. The van der Waals surface area contributed by atoms with E-state index in [1.54, 1.807) is 49.5 Å². The van der Waals surface area contributed by atoms with E-state index in [9.17, 15) is 9.59 Å². The molecular weight excluding hydrogens is 504 g/mol. The number of ether oxygens (including phenoxy) is 3. The van der Waals surface area contributed by atoms with Crippen LogP contribution in [0.15, 0.2) is 72.8 Å². The molecule has 0 aromatic heterocycles. The van der Waals surface area contributed by atoms with Gasteiger partial charge in [0.1, 0.15) is 23.3 Å². The Morgan fingerprint density at radius 1 is 0.868 bits per heavy atom. The summed E-state index contributed by atoms with van der Waals surface area (Å²) in [4.78, 5) is 28.9. The van der Waals surface area contributed by atoms with E-state index in [0.29, 0.717) is 28.7 Å². The molecule has 202 valence electrons. The number of nitrogens with one attached hydrogen (secondary N) is 1. The second kappa shape index (κ2) is 13.2. The molecule has 0 spiro atoms. The Labute approximate surface area is 229 Å². The number of hydrogen-bond donors (Lipinski definition) is 1. The van der Waals surface area contributed by atoms with Crippen molar-refractivity contribution in [3.05, 3.63) is 88.9 Å². The van der Waals surface area contributed by atoms with Gasteiger partial charge in [-0.1, -0.05) is 54.1 Å². The van der Waals surface area contributed by atoms with Crippen molar-refractivity contribution in [3.8, 4) is 17.2 Å². The summed E-state index contributed by atoms with van der Waals surface area (Å²) in [7, 11) is 3.08. The molecule has 7 nitrogen and oxygen atoms in total. The van der Waals surface area contributed by atoms with E-state index >= 15 is 0 Å². The monoisotopic (exact) mass is 538 g/mol. The standard InChI is InChI=1S/C30H35ClN2O5/c1-30(2,3)32-29(35)27(15-21-10-7-6-8-11-21)33(19-22-12-9-13-23(31)14-22)28(34)20-38-26-17-24(36-4)16-25(18-26)37-5/h6-14,16-18,27H,15,19-20H2,1-5H3,(H,32,35)/t27-/m0/s1. The van der Waals surface area contributed by atoms with Crippen LogP contribution in [-0.4, -0.2) is 49.1 Å². The highest BCUT2D eigenvalue weighted by molar-refractivity contribution is 6.30. The maximum atomic E-state index is 13.7. The van der Waals surface area contributed by atoms with Crippen LogP contribution in [0, 0.1) is 0 Å². The minimum atomic E-state index is -0.786. The van der Waals surface area contributed by atoms with E-state index in [-0.39, 0.29) is 25.0 Å². The third kappa shape index (κ3) is 8.70. The second-order valence-corrected chi connectivity index (χ2v) is 10.4. The first kappa shape index (κ1) is 28.9. The SMILES string of the molecule is COc1cc(OC)cc(OCC(=O)N(Cc2cccc(Cl)c2)[C@@H](Cc2ccccc2)C(=O)NC(C)(C)C)c1. The molecule has 0 fully saturated rings. The molecule has 1 N–H and O–H groups in total. The lowest BCUT2D eigenvalue weighted by Gasteiger charge is -2.33. The Morgan fingerprint density at radius 3 is 2.05 bits per heavy atom. The van der Waals surface area contributed by atoms with Gasteiger partial charge in [0, 0.05) is 41.7 Å². The van der Waals surface area contributed by atoms with Gasteiger partial charge in [-0.2, -0.15) is 0 Å². The minimum absolute atomic E-state index is 0.180. The van der Waals surface area contributed by atoms with E-state index in [1.165, 1.54) is 0 Å². The summed E-state index contributed by atoms with van der Waals surface area (Å²) in [6.45, 7) is 5.62. The first-order chi connectivity index (χ1) is 18.1. The fourth-order valence-electron chi connectivity index (χ4n) is 3.93. The molecule has 0 unspecified atom stereocenters. The Kier molecular flexibility index (Phi) is 10.0. The number of carbonyl (C=O) groups excluding carboxylic acids is 2. The summed E-state index contributed by atoms with van der Waals surface area (Å²) in [5.74, 6) is 0.885. The smallest absolute Gasteiger partial charge is 0.261 e. The normalized spacial score (nSPS) is 11.8. The second-order valence-electron chi connectivity index (χ2n) is 9.93. The number of benzene rings is 3. The molecule has 0 aliphatic carbocycles. The number of amides is 2. The third-order valence-corrected chi connectivity index (χ3v) is 5.93.